The van der Waals surface area contributed by atoms with Crippen LogP contribution in [0.2, 0.25) is 0 Å². The summed E-state index contributed by atoms with van der Waals surface area (Å²) in [5.74, 6) is -0.166. The number of hydrogen-bond donors (Lipinski definition) is 3. The highest BCUT2D eigenvalue weighted by molar-refractivity contribution is 7.17. The molecule has 0 aliphatic heterocycles. The van der Waals surface area contributed by atoms with E-state index in [1.807, 2.05) is 54.7 Å². The smallest absolute Gasteiger partial charge is 0.254 e. The Bertz CT molecular complexity index is 1290. The Labute approximate surface area is 197 Å². The van der Waals surface area contributed by atoms with Gasteiger partial charge in [0.15, 0.2) is 0 Å². The molecule has 0 radical (unpaired) electrons. The zero-order chi connectivity index (χ0) is 22.6. The van der Waals surface area contributed by atoms with Crippen molar-refractivity contribution in [2.75, 3.05) is 5.32 Å². The molecule has 5 nitrogen and oxygen atoms in total. The summed E-state index contributed by atoms with van der Waals surface area (Å²) >= 11 is 1.57. The van der Waals surface area contributed by atoms with Gasteiger partial charge in [-0.05, 0) is 54.9 Å². The van der Waals surface area contributed by atoms with Gasteiger partial charge in [0.05, 0.1) is 5.56 Å². The lowest BCUT2D eigenvalue weighted by molar-refractivity contribution is -0.116. The Hall–Kier alpha value is -3.38. The number of H-pyrrole nitrogens is 1. The van der Waals surface area contributed by atoms with Crippen LogP contribution in [0.25, 0.3) is 10.9 Å². The zero-order valence-electron chi connectivity index (χ0n) is 18.4. The highest BCUT2D eigenvalue weighted by Crippen LogP contribution is 2.38. The fourth-order valence-electron chi connectivity index (χ4n) is 4.54. The third-order valence-electron chi connectivity index (χ3n) is 6.24. The molecule has 33 heavy (non-hydrogen) atoms. The summed E-state index contributed by atoms with van der Waals surface area (Å²) in [7, 11) is 0. The first kappa shape index (κ1) is 21.5. The third kappa shape index (κ3) is 4.71. The Morgan fingerprint density at radius 1 is 0.970 bits per heavy atom. The maximum Gasteiger partial charge on any atom is 0.254 e. The van der Waals surface area contributed by atoms with E-state index in [4.69, 9.17) is 0 Å². The largest absolute Gasteiger partial charge is 0.361 e. The molecule has 2 heterocycles. The van der Waals surface area contributed by atoms with Crippen molar-refractivity contribution in [3.05, 3.63) is 87.9 Å². The van der Waals surface area contributed by atoms with Crippen LogP contribution in [-0.4, -0.2) is 16.8 Å². The van der Waals surface area contributed by atoms with Crippen molar-refractivity contribution < 1.29 is 9.59 Å². The molecule has 0 unspecified atom stereocenters. The quantitative estimate of drug-likeness (QED) is 0.337. The number of anilines is 1. The summed E-state index contributed by atoms with van der Waals surface area (Å²) in [6, 6.07) is 18.0. The lowest BCUT2D eigenvalue weighted by atomic mass is 9.95. The van der Waals surface area contributed by atoms with Gasteiger partial charge in [-0.25, -0.2) is 0 Å². The van der Waals surface area contributed by atoms with Gasteiger partial charge in [0.25, 0.3) is 5.91 Å². The maximum atomic E-state index is 13.2. The van der Waals surface area contributed by atoms with Gasteiger partial charge in [-0.2, -0.15) is 0 Å². The molecule has 0 spiro atoms. The Balaban J connectivity index is 1.30. The highest BCUT2D eigenvalue weighted by Gasteiger charge is 2.26. The van der Waals surface area contributed by atoms with Crippen molar-refractivity contribution in [1.29, 1.82) is 0 Å². The number of fused-ring (bicyclic) bond motifs is 2. The van der Waals surface area contributed by atoms with Crippen LogP contribution >= 0.6 is 11.3 Å². The first-order valence-electron chi connectivity index (χ1n) is 11.5. The molecule has 6 heteroatoms. The van der Waals surface area contributed by atoms with Gasteiger partial charge in [-0.3, -0.25) is 9.59 Å². The highest BCUT2D eigenvalue weighted by atomic mass is 32.1. The van der Waals surface area contributed by atoms with Crippen LogP contribution < -0.4 is 10.6 Å². The molecule has 3 N–H and O–H groups in total. The van der Waals surface area contributed by atoms with Gasteiger partial charge < -0.3 is 15.6 Å². The summed E-state index contributed by atoms with van der Waals surface area (Å²) in [6.45, 7) is 0.470. The van der Waals surface area contributed by atoms with E-state index in [1.165, 1.54) is 4.88 Å². The van der Waals surface area contributed by atoms with Gasteiger partial charge in [0.1, 0.15) is 5.00 Å². The molecule has 2 aromatic carbocycles. The number of benzene rings is 2. The van der Waals surface area contributed by atoms with Gasteiger partial charge in [-0.15, -0.1) is 11.3 Å². The van der Waals surface area contributed by atoms with Crippen molar-refractivity contribution in [2.24, 2.45) is 0 Å². The molecule has 1 aliphatic rings. The fraction of sp³-hybridized carbons (Fsp3) is 0.259. The molecule has 4 aromatic rings. The SMILES string of the molecule is O=C(CCc1c[nH]c2ccccc12)Nc1sc2c(c1C(=O)NCc1ccccc1)CCCC2. The molecular formula is C27H27N3O2S. The zero-order valence-corrected chi connectivity index (χ0v) is 19.3. The predicted molar refractivity (Wildman–Crippen MR) is 134 cm³/mol. The second-order valence-corrected chi connectivity index (χ2v) is 9.60. The van der Waals surface area contributed by atoms with Crippen LogP contribution in [0.3, 0.4) is 0 Å². The number of rotatable bonds is 7. The molecule has 0 fully saturated rings. The first-order valence-corrected chi connectivity index (χ1v) is 12.3. The standard InChI is InChI=1S/C27H27N3O2S/c31-24(15-14-19-17-28-22-12-6-4-10-20(19)22)30-27-25(21-11-5-7-13-23(21)33-27)26(32)29-16-18-8-2-1-3-9-18/h1-4,6,8-10,12,17,28H,5,7,11,13-16H2,(H,29,32)(H,30,31). The minimum atomic E-state index is -0.106. The van der Waals surface area contributed by atoms with E-state index in [-0.39, 0.29) is 11.8 Å². The number of aryl methyl sites for hydroxylation is 2. The molecule has 0 saturated carbocycles. The topological polar surface area (TPSA) is 74.0 Å². The normalized spacial score (nSPS) is 13.0. The van der Waals surface area contributed by atoms with Crippen molar-refractivity contribution in [3.8, 4) is 0 Å². The minimum absolute atomic E-state index is 0.0593. The van der Waals surface area contributed by atoms with Crippen LogP contribution in [0.4, 0.5) is 5.00 Å². The number of para-hydroxylation sites is 1. The first-order chi connectivity index (χ1) is 16.2. The van der Waals surface area contributed by atoms with Crippen molar-refractivity contribution >= 4 is 39.1 Å². The number of amides is 2. The molecule has 0 saturated heterocycles. The number of aromatic amines is 1. The van der Waals surface area contributed by atoms with E-state index in [1.54, 1.807) is 11.3 Å². The van der Waals surface area contributed by atoms with Crippen molar-refractivity contribution in [3.63, 3.8) is 0 Å². The van der Waals surface area contributed by atoms with E-state index in [9.17, 15) is 9.59 Å². The Morgan fingerprint density at radius 3 is 2.64 bits per heavy atom. The Kier molecular flexibility index (Phi) is 6.26. The van der Waals surface area contributed by atoms with Crippen LogP contribution in [-0.2, 0) is 30.6 Å². The van der Waals surface area contributed by atoms with E-state index in [2.05, 4.69) is 21.7 Å². The lowest BCUT2D eigenvalue weighted by Gasteiger charge is -2.13. The van der Waals surface area contributed by atoms with Gasteiger partial charge >= 0.3 is 0 Å². The maximum absolute atomic E-state index is 13.2. The van der Waals surface area contributed by atoms with Gasteiger partial charge in [0, 0.05) is 34.9 Å². The summed E-state index contributed by atoms with van der Waals surface area (Å²) in [5.41, 5.74) is 5.04. The second-order valence-electron chi connectivity index (χ2n) is 8.49. The monoisotopic (exact) mass is 457 g/mol. The molecule has 168 valence electrons. The minimum Gasteiger partial charge on any atom is -0.361 e. The van der Waals surface area contributed by atoms with E-state index in [0.29, 0.717) is 30.0 Å². The number of aromatic nitrogens is 1. The van der Waals surface area contributed by atoms with Crippen molar-refractivity contribution in [2.45, 2.75) is 45.1 Å². The summed E-state index contributed by atoms with van der Waals surface area (Å²) in [4.78, 5) is 30.5. The molecule has 0 bridgehead atoms. The molecule has 1 aliphatic carbocycles. The van der Waals surface area contributed by atoms with E-state index >= 15 is 0 Å². The number of thiophene rings is 1. The Morgan fingerprint density at radius 2 is 1.76 bits per heavy atom. The lowest BCUT2D eigenvalue weighted by Crippen LogP contribution is -2.25. The van der Waals surface area contributed by atoms with Crippen LogP contribution in [0, 0.1) is 0 Å². The number of carbonyl (C=O) groups excluding carboxylic acids is 2. The molecule has 5 rings (SSSR count). The molecular weight excluding hydrogens is 430 g/mol. The fourth-order valence-corrected chi connectivity index (χ4v) is 5.84. The predicted octanol–water partition coefficient (Wildman–Crippen LogP) is 5.61. The van der Waals surface area contributed by atoms with Crippen LogP contribution in [0.15, 0.2) is 60.8 Å². The van der Waals surface area contributed by atoms with E-state index in [0.717, 1.165) is 53.3 Å². The molecule has 0 atom stereocenters. The number of carbonyl (C=O) groups is 2. The van der Waals surface area contributed by atoms with Crippen LogP contribution in [0.5, 0.6) is 0 Å². The second kappa shape index (κ2) is 9.63. The number of nitrogens with one attached hydrogen (secondary N) is 3. The van der Waals surface area contributed by atoms with Gasteiger partial charge in [-0.1, -0.05) is 48.5 Å². The summed E-state index contributed by atoms with van der Waals surface area (Å²) in [6.07, 6.45) is 7.08. The molecule has 2 amide bonds. The number of hydrogen-bond acceptors (Lipinski definition) is 3. The van der Waals surface area contributed by atoms with Crippen molar-refractivity contribution in [1.82, 2.24) is 10.3 Å². The summed E-state index contributed by atoms with van der Waals surface area (Å²) < 4.78 is 0. The van der Waals surface area contributed by atoms with Crippen LogP contribution in [0.1, 0.15) is 51.2 Å². The third-order valence-corrected chi connectivity index (χ3v) is 7.45. The summed E-state index contributed by atoms with van der Waals surface area (Å²) in [5, 5.41) is 7.96. The average molecular weight is 458 g/mol. The van der Waals surface area contributed by atoms with E-state index < -0.39 is 0 Å². The van der Waals surface area contributed by atoms with Gasteiger partial charge in [0.2, 0.25) is 5.91 Å². The average Bonchev–Trinajstić information content (AvgIpc) is 3.43. The molecule has 2 aromatic heterocycles.